The molecule has 0 aliphatic heterocycles. The molecule has 0 amide bonds. The number of hydrogen-bond acceptors (Lipinski definition) is 2. The summed E-state index contributed by atoms with van der Waals surface area (Å²) in [5.41, 5.74) is 1.62. The van der Waals surface area contributed by atoms with Crippen molar-refractivity contribution in [2.24, 2.45) is 0 Å². The van der Waals surface area contributed by atoms with E-state index in [4.69, 9.17) is 4.74 Å². The van der Waals surface area contributed by atoms with Crippen molar-refractivity contribution in [2.45, 2.75) is 62.9 Å². The van der Waals surface area contributed by atoms with E-state index >= 15 is 0 Å². The molecule has 0 bridgehead atoms. The fourth-order valence-corrected chi connectivity index (χ4v) is 3.59. The van der Waals surface area contributed by atoms with Crippen LogP contribution < -0.4 is 0 Å². The van der Waals surface area contributed by atoms with Crippen molar-refractivity contribution in [3.63, 3.8) is 0 Å². The predicted octanol–water partition coefficient (Wildman–Crippen LogP) is 4.49. The smallest absolute Gasteiger partial charge is 0.194 e. The molecule has 1 aromatic rings. The third kappa shape index (κ3) is 2.42. The lowest BCUT2D eigenvalue weighted by molar-refractivity contribution is -0.0194. The number of methoxy groups -OCH3 is 1. The normalized spacial score (nSPS) is 22.2. The summed E-state index contributed by atoms with van der Waals surface area (Å²) in [7, 11) is 1.69. The maximum Gasteiger partial charge on any atom is 0.194 e. The maximum absolute atomic E-state index is 12.9. The van der Waals surface area contributed by atoms with E-state index in [1.807, 2.05) is 12.1 Å². The number of benzene rings is 1. The lowest BCUT2D eigenvalue weighted by atomic mass is 9.77. The Morgan fingerprint density at radius 2 is 1.90 bits per heavy atom. The number of carbonyl (C=O) groups is 1. The molecular weight excluding hydrogens is 248 g/mol. The Morgan fingerprint density at radius 1 is 1.15 bits per heavy atom. The largest absolute Gasteiger partial charge is 0.370 e. The van der Waals surface area contributed by atoms with Crippen LogP contribution in [-0.2, 0) is 4.74 Å². The summed E-state index contributed by atoms with van der Waals surface area (Å²) in [4.78, 5) is 12.9. The molecule has 1 aromatic carbocycles. The van der Waals surface area contributed by atoms with E-state index in [0.717, 1.165) is 31.2 Å². The van der Waals surface area contributed by atoms with Crippen molar-refractivity contribution >= 4 is 5.78 Å². The Labute approximate surface area is 121 Å². The molecule has 0 N–H and O–H groups in total. The van der Waals surface area contributed by atoms with E-state index in [0.29, 0.717) is 5.92 Å². The van der Waals surface area contributed by atoms with Crippen molar-refractivity contribution in [3.05, 3.63) is 35.4 Å². The molecule has 3 rings (SSSR count). The molecule has 0 atom stereocenters. The third-order valence-corrected chi connectivity index (χ3v) is 5.19. The second kappa shape index (κ2) is 5.69. The van der Waals surface area contributed by atoms with Gasteiger partial charge in [-0.1, -0.05) is 43.9 Å². The van der Waals surface area contributed by atoms with Crippen LogP contribution in [0, 0.1) is 0 Å². The van der Waals surface area contributed by atoms with Crippen LogP contribution in [-0.4, -0.2) is 18.5 Å². The summed E-state index contributed by atoms with van der Waals surface area (Å²) < 4.78 is 5.69. The van der Waals surface area contributed by atoms with Crippen molar-refractivity contribution in [1.29, 1.82) is 0 Å². The molecular formula is C18H24O2. The zero-order chi connectivity index (χ0) is 14.0. The van der Waals surface area contributed by atoms with E-state index in [2.05, 4.69) is 12.1 Å². The molecule has 0 unspecified atom stereocenters. The first-order chi connectivity index (χ1) is 9.75. The lowest BCUT2D eigenvalue weighted by Crippen LogP contribution is -2.42. The highest BCUT2D eigenvalue weighted by molar-refractivity contribution is 6.02. The van der Waals surface area contributed by atoms with Gasteiger partial charge in [0.25, 0.3) is 0 Å². The van der Waals surface area contributed by atoms with Gasteiger partial charge in [0.05, 0.1) is 0 Å². The summed E-state index contributed by atoms with van der Waals surface area (Å²) >= 11 is 0. The minimum atomic E-state index is -0.559. The minimum Gasteiger partial charge on any atom is -0.370 e. The number of ether oxygens (including phenoxy) is 1. The summed E-state index contributed by atoms with van der Waals surface area (Å²) in [6, 6.07) is 8.27. The van der Waals surface area contributed by atoms with Gasteiger partial charge in [-0.05, 0) is 43.2 Å². The molecule has 2 fully saturated rings. The van der Waals surface area contributed by atoms with Gasteiger partial charge in [0, 0.05) is 12.7 Å². The van der Waals surface area contributed by atoms with Crippen molar-refractivity contribution in [3.8, 4) is 0 Å². The fraction of sp³-hybridized carbons (Fsp3) is 0.611. The van der Waals surface area contributed by atoms with Crippen molar-refractivity contribution in [2.75, 3.05) is 7.11 Å². The summed E-state index contributed by atoms with van der Waals surface area (Å²) in [5, 5.41) is 0. The molecule has 0 heterocycles. The predicted molar refractivity (Wildman–Crippen MR) is 80.2 cm³/mol. The SMILES string of the molecule is COC1(C(=O)c2cccc(C3CCC3)c2)CCCCC1. The third-order valence-electron chi connectivity index (χ3n) is 5.19. The zero-order valence-corrected chi connectivity index (χ0v) is 12.4. The van der Waals surface area contributed by atoms with Crippen molar-refractivity contribution < 1.29 is 9.53 Å². The van der Waals surface area contributed by atoms with Gasteiger partial charge in [0.2, 0.25) is 0 Å². The Balaban J connectivity index is 1.85. The van der Waals surface area contributed by atoms with E-state index in [-0.39, 0.29) is 5.78 Å². The van der Waals surface area contributed by atoms with Crippen LogP contribution >= 0.6 is 0 Å². The highest BCUT2D eigenvalue weighted by Crippen LogP contribution is 2.38. The van der Waals surface area contributed by atoms with Crippen LogP contribution in [0.3, 0.4) is 0 Å². The average molecular weight is 272 g/mol. The molecule has 20 heavy (non-hydrogen) atoms. The van der Waals surface area contributed by atoms with E-state index in [9.17, 15) is 4.79 Å². The van der Waals surface area contributed by atoms with E-state index in [1.165, 1.54) is 31.2 Å². The average Bonchev–Trinajstić information content (AvgIpc) is 2.46. The van der Waals surface area contributed by atoms with Crippen LogP contribution in [0.15, 0.2) is 24.3 Å². The molecule has 2 saturated carbocycles. The Bertz CT molecular complexity index is 482. The lowest BCUT2D eigenvalue weighted by Gasteiger charge is -2.35. The molecule has 0 radical (unpaired) electrons. The van der Waals surface area contributed by atoms with Crippen molar-refractivity contribution in [1.82, 2.24) is 0 Å². The van der Waals surface area contributed by atoms with Gasteiger partial charge < -0.3 is 4.74 Å². The Morgan fingerprint density at radius 3 is 2.50 bits per heavy atom. The minimum absolute atomic E-state index is 0.195. The van der Waals surface area contributed by atoms with Gasteiger partial charge in [0.15, 0.2) is 5.78 Å². The maximum atomic E-state index is 12.9. The molecule has 2 heteroatoms. The van der Waals surface area contributed by atoms with Crippen LogP contribution in [0.4, 0.5) is 0 Å². The second-order valence-corrected chi connectivity index (χ2v) is 6.34. The van der Waals surface area contributed by atoms with Crippen LogP contribution in [0.25, 0.3) is 0 Å². The zero-order valence-electron chi connectivity index (χ0n) is 12.4. The fourth-order valence-electron chi connectivity index (χ4n) is 3.59. The molecule has 2 aliphatic rings. The Hall–Kier alpha value is -1.15. The molecule has 108 valence electrons. The molecule has 0 saturated heterocycles. The van der Waals surface area contributed by atoms with Gasteiger partial charge >= 0.3 is 0 Å². The van der Waals surface area contributed by atoms with E-state index in [1.54, 1.807) is 7.11 Å². The summed E-state index contributed by atoms with van der Waals surface area (Å²) in [6.45, 7) is 0. The topological polar surface area (TPSA) is 26.3 Å². The van der Waals surface area contributed by atoms with Gasteiger partial charge in [0.1, 0.15) is 5.60 Å². The quantitative estimate of drug-likeness (QED) is 0.755. The molecule has 0 spiro atoms. The number of hydrogen-bond donors (Lipinski definition) is 0. The first-order valence-corrected chi connectivity index (χ1v) is 7.95. The number of Topliss-reactive ketones (excluding diaryl/α,β-unsaturated/α-hetero) is 1. The molecule has 2 aliphatic carbocycles. The van der Waals surface area contributed by atoms with Gasteiger partial charge in [-0.3, -0.25) is 4.79 Å². The van der Waals surface area contributed by atoms with Crippen LogP contribution in [0.2, 0.25) is 0 Å². The summed E-state index contributed by atoms with van der Waals surface area (Å²) in [6.07, 6.45) is 9.03. The monoisotopic (exact) mass is 272 g/mol. The van der Waals surface area contributed by atoms with Crippen LogP contribution in [0.1, 0.15) is 73.2 Å². The first-order valence-electron chi connectivity index (χ1n) is 7.95. The highest BCUT2D eigenvalue weighted by Gasteiger charge is 2.40. The Kier molecular flexibility index (Phi) is 3.93. The standard InChI is InChI=1S/C18H24O2/c1-20-18(11-3-2-4-12-18)17(19)16-10-6-9-15(13-16)14-7-5-8-14/h6,9-10,13-14H,2-5,7-8,11-12H2,1H3. The summed E-state index contributed by atoms with van der Waals surface area (Å²) in [5.74, 6) is 0.869. The number of carbonyl (C=O) groups excluding carboxylic acids is 1. The first kappa shape index (κ1) is 13.8. The molecule has 0 aromatic heterocycles. The van der Waals surface area contributed by atoms with Gasteiger partial charge in [-0.15, -0.1) is 0 Å². The van der Waals surface area contributed by atoms with Gasteiger partial charge in [-0.2, -0.15) is 0 Å². The molecule has 2 nitrogen and oxygen atoms in total. The van der Waals surface area contributed by atoms with E-state index < -0.39 is 5.60 Å². The second-order valence-electron chi connectivity index (χ2n) is 6.34. The highest BCUT2D eigenvalue weighted by atomic mass is 16.5. The number of rotatable bonds is 4. The van der Waals surface area contributed by atoms with Crippen LogP contribution in [0.5, 0.6) is 0 Å². The number of ketones is 1. The van der Waals surface area contributed by atoms with Gasteiger partial charge in [-0.25, -0.2) is 0 Å².